The van der Waals surface area contributed by atoms with Crippen molar-refractivity contribution in [3.8, 4) is 5.75 Å². The standard InChI is InChI=1S/C13H20ClO2Si/c1-15-13-7-5-6-12(14)11(13)10-16-8-9-17(2,3)4/h5-7,10H,8-9H2,1-4H3. The fourth-order valence-corrected chi connectivity index (χ4v) is 2.26. The van der Waals surface area contributed by atoms with E-state index in [0.717, 1.165) is 24.0 Å². The highest BCUT2D eigenvalue weighted by Gasteiger charge is 2.13. The van der Waals surface area contributed by atoms with Gasteiger partial charge in [0.2, 0.25) is 0 Å². The Labute approximate surface area is 110 Å². The molecule has 0 amide bonds. The Hall–Kier alpha value is -0.513. The molecule has 0 aromatic heterocycles. The van der Waals surface area contributed by atoms with Crippen LogP contribution in [0.5, 0.6) is 5.75 Å². The van der Waals surface area contributed by atoms with E-state index >= 15 is 0 Å². The van der Waals surface area contributed by atoms with Crippen LogP contribution in [0.2, 0.25) is 30.7 Å². The molecule has 0 saturated heterocycles. The van der Waals surface area contributed by atoms with E-state index in [1.807, 2.05) is 18.2 Å². The molecule has 17 heavy (non-hydrogen) atoms. The highest BCUT2D eigenvalue weighted by atomic mass is 35.5. The summed E-state index contributed by atoms with van der Waals surface area (Å²) in [6.45, 7) is 9.41. The third-order valence-electron chi connectivity index (χ3n) is 2.40. The van der Waals surface area contributed by atoms with Crippen LogP contribution in [0.15, 0.2) is 18.2 Å². The van der Waals surface area contributed by atoms with E-state index in [2.05, 4.69) is 19.6 Å². The normalized spacial score (nSPS) is 11.6. The van der Waals surface area contributed by atoms with Gasteiger partial charge in [0.15, 0.2) is 0 Å². The third-order valence-corrected chi connectivity index (χ3v) is 4.44. The molecular weight excluding hydrogens is 252 g/mol. The zero-order valence-electron chi connectivity index (χ0n) is 10.9. The second-order valence-electron chi connectivity index (χ2n) is 5.16. The quantitative estimate of drug-likeness (QED) is 0.570. The first-order valence-electron chi connectivity index (χ1n) is 5.71. The Bertz CT molecular complexity index is 361. The van der Waals surface area contributed by atoms with Crippen molar-refractivity contribution in [3.63, 3.8) is 0 Å². The van der Waals surface area contributed by atoms with E-state index in [4.69, 9.17) is 21.1 Å². The van der Waals surface area contributed by atoms with Gasteiger partial charge in [-0.3, -0.25) is 0 Å². The summed E-state index contributed by atoms with van der Waals surface area (Å²) in [5.74, 6) is 0.741. The lowest BCUT2D eigenvalue weighted by Gasteiger charge is -2.16. The summed E-state index contributed by atoms with van der Waals surface area (Å²) >= 11 is 6.09. The van der Waals surface area contributed by atoms with Gasteiger partial charge in [-0.15, -0.1) is 0 Å². The molecule has 0 spiro atoms. The average molecular weight is 272 g/mol. The van der Waals surface area contributed by atoms with Gasteiger partial charge < -0.3 is 9.47 Å². The van der Waals surface area contributed by atoms with Crippen molar-refractivity contribution in [2.24, 2.45) is 0 Å². The Morgan fingerprint density at radius 1 is 1.29 bits per heavy atom. The number of methoxy groups -OCH3 is 1. The second-order valence-corrected chi connectivity index (χ2v) is 11.2. The van der Waals surface area contributed by atoms with E-state index < -0.39 is 8.07 Å². The predicted molar refractivity (Wildman–Crippen MR) is 75.5 cm³/mol. The van der Waals surface area contributed by atoms with Gasteiger partial charge in [0.1, 0.15) is 12.4 Å². The molecule has 0 heterocycles. The number of halogens is 1. The smallest absolute Gasteiger partial charge is 0.126 e. The van der Waals surface area contributed by atoms with Gasteiger partial charge >= 0.3 is 0 Å². The number of hydrogen-bond acceptors (Lipinski definition) is 2. The third kappa shape index (κ3) is 5.11. The van der Waals surface area contributed by atoms with Crippen LogP contribution in [-0.4, -0.2) is 21.8 Å². The van der Waals surface area contributed by atoms with Gasteiger partial charge in [-0.05, 0) is 18.2 Å². The predicted octanol–water partition coefficient (Wildman–Crippen LogP) is 4.21. The molecule has 4 heteroatoms. The van der Waals surface area contributed by atoms with E-state index in [9.17, 15) is 0 Å². The van der Waals surface area contributed by atoms with Crippen molar-refractivity contribution in [2.75, 3.05) is 13.7 Å². The van der Waals surface area contributed by atoms with Crippen molar-refractivity contribution < 1.29 is 9.47 Å². The van der Waals surface area contributed by atoms with Crippen LogP contribution in [0.25, 0.3) is 0 Å². The highest BCUT2D eigenvalue weighted by molar-refractivity contribution is 6.76. The van der Waals surface area contributed by atoms with E-state index in [1.165, 1.54) is 0 Å². The van der Waals surface area contributed by atoms with Crippen molar-refractivity contribution in [2.45, 2.75) is 25.7 Å². The number of hydrogen-bond donors (Lipinski definition) is 0. The monoisotopic (exact) mass is 271 g/mol. The summed E-state index contributed by atoms with van der Waals surface area (Å²) in [5.41, 5.74) is 0.812. The van der Waals surface area contributed by atoms with Gasteiger partial charge in [-0.1, -0.05) is 37.3 Å². The molecule has 0 saturated carbocycles. The van der Waals surface area contributed by atoms with Crippen LogP contribution < -0.4 is 4.74 Å². The maximum absolute atomic E-state index is 6.09. The van der Waals surface area contributed by atoms with E-state index in [1.54, 1.807) is 13.7 Å². The topological polar surface area (TPSA) is 18.5 Å². The van der Waals surface area contributed by atoms with E-state index in [0.29, 0.717) is 5.02 Å². The molecule has 1 rings (SSSR count). The van der Waals surface area contributed by atoms with E-state index in [-0.39, 0.29) is 0 Å². The summed E-state index contributed by atoms with van der Waals surface area (Å²) in [7, 11) is 0.590. The molecule has 0 aliphatic heterocycles. The van der Waals surface area contributed by atoms with Crippen LogP contribution in [0.4, 0.5) is 0 Å². The summed E-state index contributed by atoms with van der Waals surface area (Å²) in [4.78, 5) is 0. The second kappa shape index (κ2) is 6.43. The van der Waals surface area contributed by atoms with Crippen LogP contribution in [0.3, 0.4) is 0 Å². The largest absolute Gasteiger partial charge is 0.496 e. The van der Waals surface area contributed by atoms with Gasteiger partial charge in [0.25, 0.3) is 0 Å². The van der Waals surface area contributed by atoms with Crippen molar-refractivity contribution in [1.29, 1.82) is 0 Å². The zero-order valence-corrected chi connectivity index (χ0v) is 12.7. The number of benzene rings is 1. The summed E-state index contributed by atoms with van der Waals surface area (Å²) < 4.78 is 10.8. The van der Waals surface area contributed by atoms with Crippen molar-refractivity contribution >= 4 is 19.7 Å². The molecule has 1 aromatic carbocycles. The molecule has 0 fully saturated rings. The van der Waals surface area contributed by atoms with Gasteiger partial charge in [0.05, 0.1) is 12.1 Å². The first kappa shape index (κ1) is 14.5. The minimum atomic E-state index is -1.04. The first-order valence-corrected chi connectivity index (χ1v) is 9.80. The van der Waals surface area contributed by atoms with Crippen LogP contribution >= 0.6 is 11.6 Å². The Morgan fingerprint density at radius 2 is 2.00 bits per heavy atom. The van der Waals surface area contributed by atoms with Crippen LogP contribution in [-0.2, 0) is 4.74 Å². The van der Waals surface area contributed by atoms with Crippen molar-refractivity contribution in [3.05, 3.63) is 35.4 Å². The van der Waals surface area contributed by atoms with Gasteiger partial charge in [-0.2, -0.15) is 0 Å². The number of rotatable bonds is 6. The molecule has 0 aliphatic carbocycles. The lowest BCUT2D eigenvalue weighted by atomic mass is 10.2. The maximum Gasteiger partial charge on any atom is 0.126 e. The molecule has 1 radical (unpaired) electrons. The minimum Gasteiger partial charge on any atom is -0.496 e. The average Bonchev–Trinajstić information content (AvgIpc) is 2.24. The molecule has 1 aromatic rings. The molecule has 0 unspecified atom stereocenters. The minimum absolute atomic E-state index is 0.650. The van der Waals surface area contributed by atoms with Gasteiger partial charge in [0, 0.05) is 20.2 Å². The van der Waals surface area contributed by atoms with Crippen molar-refractivity contribution in [1.82, 2.24) is 0 Å². The fourth-order valence-electron chi connectivity index (χ4n) is 1.32. The molecule has 95 valence electrons. The lowest BCUT2D eigenvalue weighted by molar-refractivity contribution is 0.226. The Kier molecular flexibility index (Phi) is 5.50. The number of ether oxygens (including phenoxy) is 2. The Balaban J connectivity index is 2.52. The summed E-state index contributed by atoms with van der Waals surface area (Å²) in [5, 5.41) is 0.650. The maximum atomic E-state index is 6.09. The zero-order chi connectivity index (χ0) is 12.9. The fraction of sp³-hybridized carbons (Fsp3) is 0.462. The molecule has 0 bridgehead atoms. The summed E-state index contributed by atoms with van der Waals surface area (Å²) in [6.07, 6.45) is 0. The lowest BCUT2D eigenvalue weighted by Crippen LogP contribution is -2.21. The summed E-state index contributed by atoms with van der Waals surface area (Å²) in [6, 6.07) is 6.70. The van der Waals surface area contributed by atoms with Gasteiger partial charge in [-0.25, -0.2) is 0 Å². The molecule has 0 N–H and O–H groups in total. The highest BCUT2D eigenvalue weighted by Crippen LogP contribution is 2.28. The molecule has 0 atom stereocenters. The Morgan fingerprint density at radius 3 is 2.59 bits per heavy atom. The SMILES string of the molecule is COc1cccc(Cl)c1[CH]OCC[Si](C)(C)C. The molecule has 0 aliphatic rings. The molecule has 2 nitrogen and oxygen atoms in total. The van der Waals surface area contributed by atoms with Crippen LogP contribution in [0, 0.1) is 6.61 Å². The first-order chi connectivity index (χ1) is 7.94. The van der Waals surface area contributed by atoms with Crippen LogP contribution in [0.1, 0.15) is 5.56 Å². The molecular formula is C13H20ClO2Si.